The van der Waals surface area contributed by atoms with Gasteiger partial charge in [-0.1, -0.05) is 0 Å². The molecule has 24 heavy (non-hydrogen) atoms. The first-order valence-corrected chi connectivity index (χ1v) is 8.22. The van der Waals surface area contributed by atoms with Crippen molar-refractivity contribution in [2.45, 2.75) is 38.6 Å². The van der Waals surface area contributed by atoms with Gasteiger partial charge in [-0.05, 0) is 50.7 Å². The van der Waals surface area contributed by atoms with Crippen molar-refractivity contribution in [3.63, 3.8) is 0 Å². The van der Waals surface area contributed by atoms with Crippen LogP contribution in [0.2, 0.25) is 0 Å². The first-order valence-electron chi connectivity index (χ1n) is 8.22. The quantitative estimate of drug-likeness (QED) is 0.903. The molecule has 2 N–H and O–H groups in total. The van der Waals surface area contributed by atoms with E-state index in [2.05, 4.69) is 11.4 Å². The van der Waals surface area contributed by atoms with Crippen LogP contribution in [0, 0.1) is 24.2 Å². The summed E-state index contributed by atoms with van der Waals surface area (Å²) < 4.78 is 7.36. The summed E-state index contributed by atoms with van der Waals surface area (Å²) >= 11 is 0. The Balaban J connectivity index is 1.79. The molecule has 0 aromatic carbocycles. The van der Waals surface area contributed by atoms with Crippen molar-refractivity contribution < 1.29 is 14.3 Å². The number of aryl methyl sites for hydroxylation is 1. The predicted octanol–water partition coefficient (Wildman–Crippen LogP) is 2.53. The van der Waals surface area contributed by atoms with Gasteiger partial charge in [0.1, 0.15) is 23.0 Å². The Morgan fingerprint density at radius 2 is 2.04 bits per heavy atom. The number of rotatable bonds is 4. The van der Waals surface area contributed by atoms with Crippen molar-refractivity contribution in [3.8, 4) is 12.0 Å². The number of nitrogens with one attached hydrogen (secondary N) is 1. The van der Waals surface area contributed by atoms with Crippen LogP contribution >= 0.6 is 0 Å². The standard InChI is InChI=1S/C18H21N3O3/c1-12-16(15(10-19)18(24-12)21-8-2-3-9-21)17(23)20-14-6-4-13(11-22)5-7-14/h2-3,8-9,13-14,22H,4-7,11H2,1H3,(H,20,23). The van der Waals surface area contributed by atoms with Crippen molar-refractivity contribution in [1.82, 2.24) is 9.88 Å². The fourth-order valence-corrected chi connectivity index (χ4v) is 3.31. The number of nitriles is 1. The van der Waals surface area contributed by atoms with Gasteiger partial charge in [0.05, 0.1) is 0 Å². The van der Waals surface area contributed by atoms with E-state index in [9.17, 15) is 15.2 Å². The van der Waals surface area contributed by atoms with Gasteiger partial charge in [0, 0.05) is 25.0 Å². The number of furan rings is 1. The second-order valence-corrected chi connectivity index (χ2v) is 6.29. The Hall–Kier alpha value is -2.52. The van der Waals surface area contributed by atoms with E-state index in [0.29, 0.717) is 23.1 Å². The molecule has 0 bridgehead atoms. The van der Waals surface area contributed by atoms with Gasteiger partial charge in [0.25, 0.3) is 5.91 Å². The molecular formula is C18H21N3O3. The molecule has 126 valence electrons. The number of carbonyl (C=O) groups is 1. The van der Waals surface area contributed by atoms with Crippen LogP contribution in [0.15, 0.2) is 28.9 Å². The summed E-state index contributed by atoms with van der Waals surface area (Å²) in [7, 11) is 0. The van der Waals surface area contributed by atoms with Crippen molar-refractivity contribution in [3.05, 3.63) is 41.4 Å². The number of amides is 1. The third-order valence-electron chi connectivity index (χ3n) is 4.68. The van der Waals surface area contributed by atoms with E-state index in [1.165, 1.54) is 0 Å². The van der Waals surface area contributed by atoms with Crippen molar-refractivity contribution in [1.29, 1.82) is 5.26 Å². The second kappa shape index (κ2) is 6.93. The fraction of sp³-hybridized carbons (Fsp3) is 0.444. The molecule has 6 nitrogen and oxygen atoms in total. The molecule has 1 fully saturated rings. The van der Waals surface area contributed by atoms with E-state index >= 15 is 0 Å². The van der Waals surface area contributed by atoms with Gasteiger partial charge in [-0.25, -0.2) is 0 Å². The van der Waals surface area contributed by atoms with E-state index in [1.807, 2.05) is 12.1 Å². The summed E-state index contributed by atoms with van der Waals surface area (Å²) in [6.45, 7) is 1.91. The summed E-state index contributed by atoms with van der Waals surface area (Å²) in [5.74, 6) is 0.883. The van der Waals surface area contributed by atoms with Gasteiger partial charge in [-0.2, -0.15) is 5.26 Å². The largest absolute Gasteiger partial charge is 0.443 e. The van der Waals surface area contributed by atoms with Gasteiger partial charge < -0.3 is 14.8 Å². The molecule has 0 atom stereocenters. The average molecular weight is 327 g/mol. The monoisotopic (exact) mass is 327 g/mol. The highest BCUT2D eigenvalue weighted by atomic mass is 16.4. The first kappa shape index (κ1) is 16.3. The Morgan fingerprint density at radius 3 is 2.62 bits per heavy atom. The second-order valence-electron chi connectivity index (χ2n) is 6.29. The molecule has 6 heteroatoms. The summed E-state index contributed by atoms with van der Waals surface area (Å²) in [5.41, 5.74) is 0.565. The minimum Gasteiger partial charge on any atom is -0.443 e. The number of hydrogen-bond acceptors (Lipinski definition) is 4. The van der Waals surface area contributed by atoms with E-state index in [0.717, 1.165) is 25.7 Å². The molecule has 2 aromatic rings. The van der Waals surface area contributed by atoms with E-state index in [1.54, 1.807) is 23.9 Å². The third kappa shape index (κ3) is 3.08. The molecule has 0 spiro atoms. The highest BCUT2D eigenvalue weighted by molar-refractivity contribution is 5.98. The van der Waals surface area contributed by atoms with Gasteiger partial charge in [-0.3, -0.25) is 9.36 Å². The van der Waals surface area contributed by atoms with E-state index in [-0.39, 0.29) is 24.1 Å². The number of aliphatic hydroxyl groups excluding tert-OH is 1. The Kier molecular flexibility index (Phi) is 4.72. The van der Waals surface area contributed by atoms with Crippen LogP contribution in [0.1, 0.15) is 47.4 Å². The van der Waals surface area contributed by atoms with Crippen LogP contribution in [-0.2, 0) is 0 Å². The molecule has 1 aliphatic rings. The van der Waals surface area contributed by atoms with Gasteiger partial charge in [-0.15, -0.1) is 0 Å². The lowest BCUT2D eigenvalue weighted by molar-refractivity contribution is 0.0912. The van der Waals surface area contributed by atoms with Crippen LogP contribution in [0.4, 0.5) is 0 Å². The zero-order chi connectivity index (χ0) is 17.1. The number of hydrogen-bond donors (Lipinski definition) is 2. The predicted molar refractivity (Wildman–Crippen MR) is 87.8 cm³/mol. The SMILES string of the molecule is Cc1oc(-n2cccc2)c(C#N)c1C(=O)NC1CCC(CO)CC1. The smallest absolute Gasteiger partial charge is 0.256 e. The van der Waals surface area contributed by atoms with Crippen LogP contribution in [0.3, 0.4) is 0 Å². The molecule has 0 saturated heterocycles. The van der Waals surface area contributed by atoms with Crippen molar-refractivity contribution in [2.75, 3.05) is 6.61 Å². The first-order chi connectivity index (χ1) is 11.6. The number of aromatic nitrogens is 1. The van der Waals surface area contributed by atoms with Gasteiger partial charge in [0.2, 0.25) is 5.88 Å². The molecule has 1 amide bonds. The highest BCUT2D eigenvalue weighted by Gasteiger charge is 2.27. The molecule has 0 unspecified atom stereocenters. The summed E-state index contributed by atoms with van der Waals surface area (Å²) in [5, 5.41) is 21.7. The maximum Gasteiger partial charge on any atom is 0.256 e. The molecule has 1 aliphatic carbocycles. The average Bonchev–Trinajstić information content (AvgIpc) is 3.22. The maximum atomic E-state index is 12.7. The Morgan fingerprint density at radius 1 is 1.38 bits per heavy atom. The normalized spacial score (nSPS) is 20.5. The lowest BCUT2D eigenvalue weighted by Gasteiger charge is -2.27. The number of carbonyl (C=O) groups excluding carboxylic acids is 1. The molecule has 1 saturated carbocycles. The molecule has 0 aliphatic heterocycles. The van der Waals surface area contributed by atoms with Crippen LogP contribution in [-0.4, -0.2) is 28.2 Å². The Bertz CT molecular complexity index is 747. The minimum atomic E-state index is -0.265. The van der Waals surface area contributed by atoms with Crippen LogP contribution < -0.4 is 5.32 Å². The third-order valence-corrected chi connectivity index (χ3v) is 4.68. The van der Waals surface area contributed by atoms with Gasteiger partial charge >= 0.3 is 0 Å². The van der Waals surface area contributed by atoms with Gasteiger partial charge in [0.15, 0.2) is 0 Å². The molecule has 2 heterocycles. The molecule has 2 aromatic heterocycles. The molecule has 0 radical (unpaired) electrons. The van der Waals surface area contributed by atoms with Crippen molar-refractivity contribution >= 4 is 5.91 Å². The van der Waals surface area contributed by atoms with Crippen LogP contribution in [0.5, 0.6) is 0 Å². The maximum absolute atomic E-state index is 12.7. The highest BCUT2D eigenvalue weighted by Crippen LogP contribution is 2.27. The summed E-state index contributed by atoms with van der Waals surface area (Å²) in [4.78, 5) is 12.7. The summed E-state index contributed by atoms with van der Waals surface area (Å²) in [6, 6.07) is 5.84. The zero-order valence-corrected chi connectivity index (χ0v) is 13.7. The Labute approximate surface area is 140 Å². The number of nitrogens with zero attached hydrogens (tertiary/aromatic N) is 2. The van der Waals surface area contributed by atoms with E-state index < -0.39 is 0 Å². The summed E-state index contributed by atoms with van der Waals surface area (Å²) in [6.07, 6.45) is 7.06. The molecular weight excluding hydrogens is 306 g/mol. The lowest BCUT2D eigenvalue weighted by atomic mass is 9.86. The number of aliphatic hydroxyl groups is 1. The van der Waals surface area contributed by atoms with E-state index in [4.69, 9.17) is 4.42 Å². The van der Waals surface area contributed by atoms with Crippen molar-refractivity contribution in [2.24, 2.45) is 5.92 Å². The molecule has 3 rings (SSSR count). The topological polar surface area (TPSA) is 91.2 Å². The lowest BCUT2D eigenvalue weighted by Crippen LogP contribution is -2.38. The fourth-order valence-electron chi connectivity index (χ4n) is 3.31. The van der Waals surface area contributed by atoms with Crippen LogP contribution in [0.25, 0.3) is 5.88 Å². The minimum absolute atomic E-state index is 0.0798. The zero-order valence-electron chi connectivity index (χ0n) is 13.7.